The second-order valence-corrected chi connectivity index (χ2v) is 5.79. The molecule has 0 radical (unpaired) electrons. The van der Waals surface area contributed by atoms with Gasteiger partial charge in [0.25, 0.3) is 0 Å². The molecule has 0 saturated heterocycles. The molecule has 0 aromatic heterocycles. The molecule has 0 unspecified atom stereocenters. The largest absolute Gasteiger partial charge is 0.490 e. The first-order valence-electron chi connectivity index (χ1n) is 6.98. The Morgan fingerprint density at radius 2 is 1.09 bits per heavy atom. The Morgan fingerprint density at radius 3 is 1.59 bits per heavy atom. The van der Waals surface area contributed by atoms with E-state index in [1.807, 2.05) is 72.8 Å². The minimum Gasteiger partial charge on any atom is -0.423 e. The highest BCUT2D eigenvalue weighted by atomic mass is 79.9. The van der Waals surface area contributed by atoms with Gasteiger partial charge in [-0.15, -0.1) is 0 Å². The van der Waals surface area contributed by atoms with Gasteiger partial charge in [0.05, 0.1) is 0 Å². The van der Waals surface area contributed by atoms with E-state index in [1.165, 1.54) is 0 Å². The van der Waals surface area contributed by atoms with Gasteiger partial charge in [0.1, 0.15) is 0 Å². The summed E-state index contributed by atoms with van der Waals surface area (Å²) >= 11 is 3.55. The standard InChI is InChI=1S/C18H14BBrO2/c20-18-16(14-9-5-2-6-10-14)12-11-15(17(18)19(21)22)13-7-3-1-4-8-13/h1-12,21-22H. The number of rotatable bonds is 3. The third kappa shape index (κ3) is 2.86. The highest BCUT2D eigenvalue weighted by Gasteiger charge is 2.23. The average molecular weight is 353 g/mol. The van der Waals surface area contributed by atoms with Gasteiger partial charge in [-0.1, -0.05) is 88.7 Å². The molecule has 0 bridgehead atoms. The molecule has 3 rings (SSSR count). The van der Waals surface area contributed by atoms with Crippen LogP contribution in [0.15, 0.2) is 77.3 Å². The normalized spacial score (nSPS) is 10.5. The van der Waals surface area contributed by atoms with E-state index in [0.29, 0.717) is 9.94 Å². The van der Waals surface area contributed by atoms with Crippen molar-refractivity contribution < 1.29 is 10.0 Å². The third-order valence-corrected chi connectivity index (χ3v) is 4.46. The van der Waals surface area contributed by atoms with Crippen molar-refractivity contribution in [3.8, 4) is 22.3 Å². The zero-order valence-electron chi connectivity index (χ0n) is 11.8. The molecule has 0 heterocycles. The van der Waals surface area contributed by atoms with Crippen LogP contribution in [-0.2, 0) is 0 Å². The lowest BCUT2D eigenvalue weighted by Crippen LogP contribution is -2.33. The Hall–Kier alpha value is -1.88. The minimum absolute atomic E-state index is 0.479. The van der Waals surface area contributed by atoms with Gasteiger partial charge >= 0.3 is 7.12 Å². The van der Waals surface area contributed by atoms with Crippen LogP contribution >= 0.6 is 15.9 Å². The maximum Gasteiger partial charge on any atom is 0.490 e. The molecule has 2 nitrogen and oxygen atoms in total. The predicted molar refractivity (Wildman–Crippen MR) is 94.8 cm³/mol. The van der Waals surface area contributed by atoms with Gasteiger partial charge in [-0.2, -0.15) is 0 Å². The Labute approximate surface area is 138 Å². The molecule has 22 heavy (non-hydrogen) atoms. The first-order chi connectivity index (χ1) is 10.7. The Bertz CT molecular complexity index is 774. The molecule has 0 aliphatic carbocycles. The molecule has 108 valence electrons. The van der Waals surface area contributed by atoms with Gasteiger partial charge in [0.2, 0.25) is 0 Å². The average Bonchev–Trinajstić information content (AvgIpc) is 2.55. The van der Waals surface area contributed by atoms with E-state index >= 15 is 0 Å². The second kappa shape index (κ2) is 6.49. The maximum absolute atomic E-state index is 9.84. The molecular formula is C18H14BBrO2. The SMILES string of the molecule is OB(O)c1c(-c2ccccc2)ccc(-c2ccccc2)c1Br. The van der Waals surface area contributed by atoms with Crippen LogP contribution in [0, 0.1) is 0 Å². The van der Waals surface area contributed by atoms with Gasteiger partial charge in [0.15, 0.2) is 0 Å². The minimum atomic E-state index is -1.55. The van der Waals surface area contributed by atoms with Crippen LogP contribution in [0.5, 0.6) is 0 Å². The molecule has 0 aliphatic heterocycles. The zero-order chi connectivity index (χ0) is 15.5. The summed E-state index contributed by atoms with van der Waals surface area (Å²) in [5.41, 5.74) is 4.19. The lowest BCUT2D eigenvalue weighted by Gasteiger charge is -2.15. The first-order valence-corrected chi connectivity index (χ1v) is 7.77. The van der Waals surface area contributed by atoms with Gasteiger partial charge in [-0.05, 0) is 22.3 Å². The molecule has 0 amide bonds. The van der Waals surface area contributed by atoms with Gasteiger partial charge in [-0.3, -0.25) is 0 Å². The van der Waals surface area contributed by atoms with Crippen LogP contribution in [-0.4, -0.2) is 17.2 Å². The monoisotopic (exact) mass is 352 g/mol. The topological polar surface area (TPSA) is 40.5 Å². The van der Waals surface area contributed by atoms with E-state index in [1.54, 1.807) is 0 Å². The van der Waals surface area contributed by atoms with E-state index in [2.05, 4.69) is 15.9 Å². The van der Waals surface area contributed by atoms with Crippen LogP contribution < -0.4 is 5.46 Å². The fraction of sp³-hybridized carbons (Fsp3) is 0. The fourth-order valence-electron chi connectivity index (χ4n) is 2.56. The summed E-state index contributed by atoms with van der Waals surface area (Å²) in [6.45, 7) is 0. The molecule has 0 saturated carbocycles. The van der Waals surface area contributed by atoms with Crippen molar-refractivity contribution in [1.29, 1.82) is 0 Å². The summed E-state index contributed by atoms with van der Waals surface area (Å²) in [7, 11) is -1.55. The van der Waals surface area contributed by atoms with Crippen molar-refractivity contribution in [3.63, 3.8) is 0 Å². The lowest BCUT2D eigenvalue weighted by molar-refractivity contribution is 0.425. The number of benzene rings is 3. The van der Waals surface area contributed by atoms with Crippen LogP contribution in [0.1, 0.15) is 0 Å². The van der Waals surface area contributed by atoms with Gasteiger partial charge in [0, 0.05) is 9.94 Å². The van der Waals surface area contributed by atoms with Crippen LogP contribution in [0.2, 0.25) is 0 Å². The summed E-state index contributed by atoms with van der Waals surface area (Å²) < 4.78 is 0.704. The van der Waals surface area contributed by atoms with Crippen LogP contribution in [0.25, 0.3) is 22.3 Å². The first kappa shape index (κ1) is 15.0. The summed E-state index contributed by atoms with van der Waals surface area (Å²) in [5.74, 6) is 0. The molecule has 0 aliphatic rings. The zero-order valence-corrected chi connectivity index (χ0v) is 13.4. The summed E-state index contributed by atoms with van der Waals surface area (Å²) in [4.78, 5) is 0. The maximum atomic E-state index is 9.84. The molecule has 0 spiro atoms. The summed E-state index contributed by atoms with van der Waals surface area (Å²) in [6.07, 6.45) is 0. The quantitative estimate of drug-likeness (QED) is 0.708. The molecule has 0 atom stereocenters. The van der Waals surface area contributed by atoms with Crippen molar-refractivity contribution in [3.05, 3.63) is 77.3 Å². The van der Waals surface area contributed by atoms with Crippen LogP contribution in [0.4, 0.5) is 0 Å². The highest BCUT2D eigenvalue weighted by molar-refractivity contribution is 9.10. The third-order valence-electron chi connectivity index (χ3n) is 3.61. The lowest BCUT2D eigenvalue weighted by atomic mass is 9.74. The molecule has 3 aromatic rings. The van der Waals surface area contributed by atoms with E-state index < -0.39 is 7.12 Å². The van der Waals surface area contributed by atoms with Crippen molar-refractivity contribution >= 4 is 28.5 Å². The van der Waals surface area contributed by atoms with Crippen molar-refractivity contribution in [1.82, 2.24) is 0 Å². The van der Waals surface area contributed by atoms with E-state index in [-0.39, 0.29) is 0 Å². The number of hydrogen-bond acceptors (Lipinski definition) is 2. The smallest absolute Gasteiger partial charge is 0.423 e. The van der Waals surface area contributed by atoms with E-state index in [9.17, 15) is 10.0 Å². The fourth-order valence-corrected chi connectivity index (χ4v) is 3.33. The van der Waals surface area contributed by atoms with Crippen molar-refractivity contribution in [2.24, 2.45) is 0 Å². The second-order valence-electron chi connectivity index (χ2n) is 4.99. The summed E-state index contributed by atoms with van der Waals surface area (Å²) in [5, 5.41) is 19.7. The van der Waals surface area contributed by atoms with Gasteiger partial charge < -0.3 is 10.0 Å². The number of halogens is 1. The van der Waals surface area contributed by atoms with Crippen LogP contribution in [0.3, 0.4) is 0 Å². The van der Waals surface area contributed by atoms with E-state index in [0.717, 1.165) is 22.3 Å². The van der Waals surface area contributed by atoms with Crippen molar-refractivity contribution in [2.75, 3.05) is 0 Å². The molecule has 4 heteroatoms. The predicted octanol–water partition coefficient (Wildman–Crippen LogP) is 3.46. The summed E-state index contributed by atoms with van der Waals surface area (Å²) in [6, 6.07) is 23.5. The molecule has 0 fully saturated rings. The van der Waals surface area contributed by atoms with E-state index in [4.69, 9.17) is 0 Å². The van der Waals surface area contributed by atoms with Crippen molar-refractivity contribution in [2.45, 2.75) is 0 Å². The van der Waals surface area contributed by atoms with Gasteiger partial charge in [-0.25, -0.2) is 0 Å². The molecule has 2 N–H and O–H groups in total. The Balaban J connectivity index is 2.21. The highest BCUT2D eigenvalue weighted by Crippen LogP contribution is 2.31. The Morgan fingerprint density at radius 1 is 0.636 bits per heavy atom. The molecule has 3 aromatic carbocycles. The molecular weight excluding hydrogens is 339 g/mol. The Kier molecular flexibility index (Phi) is 4.43. The number of hydrogen-bond donors (Lipinski definition) is 2.